The van der Waals surface area contributed by atoms with E-state index in [4.69, 9.17) is 4.74 Å². The maximum atomic E-state index is 13.2. The summed E-state index contributed by atoms with van der Waals surface area (Å²) in [5, 5.41) is 3.26. The molecule has 1 aliphatic carbocycles. The fourth-order valence-electron chi connectivity index (χ4n) is 4.59. The lowest BCUT2D eigenvalue weighted by Gasteiger charge is -2.32. The summed E-state index contributed by atoms with van der Waals surface area (Å²) in [6.07, 6.45) is 4.29. The largest absolute Gasteiger partial charge is 0.489 e. The minimum atomic E-state index is 0.0156. The van der Waals surface area contributed by atoms with Gasteiger partial charge in [-0.05, 0) is 54.5 Å². The minimum Gasteiger partial charge on any atom is -0.489 e. The number of carbonyl (C=O) groups excluding carboxylic acids is 1. The van der Waals surface area contributed by atoms with Crippen molar-refractivity contribution >= 4 is 5.91 Å². The van der Waals surface area contributed by atoms with Crippen LogP contribution in [-0.2, 0) is 11.4 Å². The van der Waals surface area contributed by atoms with Crippen LogP contribution in [0.25, 0.3) is 0 Å². The minimum absolute atomic E-state index is 0.0156. The van der Waals surface area contributed by atoms with Crippen LogP contribution in [-0.4, -0.2) is 5.91 Å². The molecule has 1 amide bonds. The molecule has 0 saturated heterocycles. The van der Waals surface area contributed by atoms with Gasteiger partial charge in [-0.2, -0.15) is 0 Å². The van der Waals surface area contributed by atoms with Gasteiger partial charge in [0.1, 0.15) is 12.4 Å². The smallest absolute Gasteiger partial charge is 0.224 e. The van der Waals surface area contributed by atoms with E-state index in [1.54, 1.807) is 0 Å². The molecule has 3 aromatic rings. The molecule has 0 bridgehead atoms. The summed E-state index contributed by atoms with van der Waals surface area (Å²) in [6, 6.07) is 28.7. The molecular formula is C28H31NO2. The van der Waals surface area contributed by atoms with Crippen LogP contribution in [0, 0.1) is 5.92 Å². The quantitative estimate of drug-likeness (QED) is 0.485. The van der Waals surface area contributed by atoms with Crippen molar-refractivity contribution in [2.45, 2.75) is 51.2 Å². The van der Waals surface area contributed by atoms with Crippen molar-refractivity contribution in [3.63, 3.8) is 0 Å². The zero-order valence-corrected chi connectivity index (χ0v) is 18.2. The van der Waals surface area contributed by atoms with Gasteiger partial charge < -0.3 is 10.1 Å². The zero-order chi connectivity index (χ0) is 21.5. The highest BCUT2D eigenvalue weighted by Gasteiger charge is 2.32. The Morgan fingerprint density at radius 1 is 0.935 bits per heavy atom. The normalized spacial score (nSPS) is 19.4. The highest BCUT2D eigenvalue weighted by atomic mass is 16.5. The number of hydrogen-bond donors (Lipinski definition) is 1. The Labute approximate surface area is 185 Å². The van der Waals surface area contributed by atoms with Crippen LogP contribution in [0.1, 0.15) is 61.3 Å². The van der Waals surface area contributed by atoms with Crippen molar-refractivity contribution in [2.24, 2.45) is 5.92 Å². The average molecular weight is 414 g/mol. The first-order valence-corrected chi connectivity index (χ1v) is 11.3. The van der Waals surface area contributed by atoms with E-state index in [1.165, 1.54) is 12.0 Å². The van der Waals surface area contributed by atoms with E-state index < -0.39 is 0 Å². The molecule has 0 spiro atoms. The number of para-hydroxylation sites is 1. The molecule has 1 aliphatic rings. The third-order valence-corrected chi connectivity index (χ3v) is 6.29. The third kappa shape index (κ3) is 5.55. The second-order valence-electron chi connectivity index (χ2n) is 8.49. The summed E-state index contributed by atoms with van der Waals surface area (Å²) in [6.45, 7) is 2.60. The fourth-order valence-corrected chi connectivity index (χ4v) is 4.59. The SMILES string of the molecule is C[C@H](NC(=O)C1CCCCC1c1cccc(COc2ccccc2)c1)c1ccccc1. The Morgan fingerprint density at radius 3 is 2.42 bits per heavy atom. The van der Waals surface area contributed by atoms with Gasteiger partial charge in [-0.1, -0.05) is 85.6 Å². The number of amides is 1. The highest BCUT2D eigenvalue weighted by Crippen LogP contribution is 2.38. The number of benzene rings is 3. The van der Waals surface area contributed by atoms with Gasteiger partial charge in [0.05, 0.1) is 6.04 Å². The molecular weight excluding hydrogens is 382 g/mol. The zero-order valence-electron chi connectivity index (χ0n) is 18.2. The Morgan fingerprint density at radius 2 is 1.65 bits per heavy atom. The summed E-state index contributed by atoms with van der Waals surface area (Å²) in [4.78, 5) is 13.2. The highest BCUT2D eigenvalue weighted by molar-refractivity contribution is 5.80. The summed E-state index contributed by atoms with van der Waals surface area (Å²) >= 11 is 0. The maximum Gasteiger partial charge on any atom is 0.224 e. The number of carbonyl (C=O) groups is 1. The number of hydrogen-bond acceptors (Lipinski definition) is 2. The molecule has 160 valence electrons. The molecule has 4 rings (SSSR count). The lowest BCUT2D eigenvalue weighted by molar-refractivity contribution is -0.127. The van der Waals surface area contributed by atoms with Crippen molar-refractivity contribution in [3.8, 4) is 5.75 Å². The van der Waals surface area contributed by atoms with Gasteiger partial charge in [-0.25, -0.2) is 0 Å². The molecule has 3 atom stereocenters. The third-order valence-electron chi connectivity index (χ3n) is 6.29. The van der Waals surface area contributed by atoms with Gasteiger partial charge in [0, 0.05) is 5.92 Å². The maximum absolute atomic E-state index is 13.2. The van der Waals surface area contributed by atoms with Gasteiger partial charge in [-0.3, -0.25) is 4.79 Å². The molecule has 2 unspecified atom stereocenters. The Bertz CT molecular complexity index is 971. The molecule has 1 saturated carbocycles. The van der Waals surface area contributed by atoms with Crippen LogP contribution < -0.4 is 10.1 Å². The van der Waals surface area contributed by atoms with Crippen LogP contribution in [0.3, 0.4) is 0 Å². The summed E-state index contributed by atoms with van der Waals surface area (Å²) in [5.74, 6) is 1.32. The van der Waals surface area contributed by atoms with Crippen molar-refractivity contribution in [1.82, 2.24) is 5.32 Å². The Hall–Kier alpha value is -3.07. The molecule has 3 nitrogen and oxygen atoms in total. The van der Waals surface area contributed by atoms with Crippen molar-refractivity contribution < 1.29 is 9.53 Å². The topological polar surface area (TPSA) is 38.3 Å². The lowest BCUT2D eigenvalue weighted by atomic mass is 9.74. The Balaban J connectivity index is 1.45. The van der Waals surface area contributed by atoms with E-state index >= 15 is 0 Å². The first kappa shape index (κ1) is 21.2. The van der Waals surface area contributed by atoms with E-state index in [0.717, 1.165) is 36.1 Å². The van der Waals surface area contributed by atoms with Crippen molar-refractivity contribution in [2.75, 3.05) is 0 Å². The van der Waals surface area contributed by atoms with Gasteiger partial charge >= 0.3 is 0 Å². The molecule has 0 heterocycles. The number of rotatable bonds is 7. The monoisotopic (exact) mass is 413 g/mol. The predicted molar refractivity (Wildman–Crippen MR) is 125 cm³/mol. The summed E-state index contributed by atoms with van der Waals surface area (Å²) < 4.78 is 5.93. The van der Waals surface area contributed by atoms with Crippen LogP contribution >= 0.6 is 0 Å². The van der Waals surface area contributed by atoms with Gasteiger partial charge in [0.15, 0.2) is 0 Å². The van der Waals surface area contributed by atoms with E-state index in [2.05, 4.69) is 48.6 Å². The van der Waals surface area contributed by atoms with E-state index in [9.17, 15) is 4.79 Å². The van der Waals surface area contributed by atoms with Crippen LogP contribution in [0.5, 0.6) is 5.75 Å². The second kappa shape index (κ2) is 10.3. The molecule has 0 aliphatic heterocycles. The first-order chi connectivity index (χ1) is 15.2. The van der Waals surface area contributed by atoms with Gasteiger partial charge in [0.25, 0.3) is 0 Å². The lowest BCUT2D eigenvalue weighted by Crippen LogP contribution is -2.37. The number of ether oxygens (including phenoxy) is 1. The van der Waals surface area contributed by atoms with E-state index in [0.29, 0.717) is 6.61 Å². The number of nitrogens with one attached hydrogen (secondary N) is 1. The average Bonchev–Trinajstić information content (AvgIpc) is 2.84. The fraction of sp³-hybridized carbons (Fsp3) is 0.321. The molecule has 3 heteroatoms. The van der Waals surface area contributed by atoms with Crippen LogP contribution in [0.2, 0.25) is 0 Å². The van der Waals surface area contributed by atoms with Gasteiger partial charge in [-0.15, -0.1) is 0 Å². The summed E-state index contributed by atoms with van der Waals surface area (Å²) in [5.41, 5.74) is 3.54. The second-order valence-corrected chi connectivity index (χ2v) is 8.49. The molecule has 31 heavy (non-hydrogen) atoms. The van der Waals surface area contributed by atoms with Crippen molar-refractivity contribution in [3.05, 3.63) is 102 Å². The molecule has 0 aromatic heterocycles. The van der Waals surface area contributed by atoms with Crippen LogP contribution in [0.4, 0.5) is 0 Å². The first-order valence-electron chi connectivity index (χ1n) is 11.3. The Kier molecular flexibility index (Phi) is 7.03. The van der Waals surface area contributed by atoms with E-state index in [-0.39, 0.29) is 23.8 Å². The molecule has 3 aromatic carbocycles. The predicted octanol–water partition coefficient (Wildman–Crippen LogP) is 6.42. The van der Waals surface area contributed by atoms with E-state index in [1.807, 2.05) is 48.5 Å². The van der Waals surface area contributed by atoms with Crippen LogP contribution in [0.15, 0.2) is 84.9 Å². The standard InChI is InChI=1S/C28H31NO2/c1-21(23-12-4-2-5-13-23)29-28(30)27-18-9-8-17-26(27)24-14-10-11-22(19-24)20-31-25-15-6-3-7-16-25/h2-7,10-16,19,21,26-27H,8-9,17-18,20H2,1H3,(H,29,30)/t21-,26?,27?/m0/s1. The molecule has 0 radical (unpaired) electrons. The molecule has 1 fully saturated rings. The summed E-state index contributed by atoms with van der Waals surface area (Å²) in [7, 11) is 0. The van der Waals surface area contributed by atoms with Gasteiger partial charge in [0.2, 0.25) is 5.91 Å². The van der Waals surface area contributed by atoms with Crippen molar-refractivity contribution in [1.29, 1.82) is 0 Å². The molecule has 1 N–H and O–H groups in total.